The summed E-state index contributed by atoms with van der Waals surface area (Å²) in [5.41, 5.74) is 2.93. The topological polar surface area (TPSA) is 159 Å². The lowest BCUT2D eigenvalue weighted by Crippen LogP contribution is -2.57. The van der Waals surface area contributed by atoms with Gasteiger partial charge in [0.15, 0.2) is 5.65 Å². The summed E-state index contributed by atoms with van der Waals surface area (Å²) in [6.07, 6.45) is 0.545. The maximum Gasteiger partial charge on any atom is 0.255 e. The molecule has 3 N–H and O–H groups in total. The van der Waals surface area contributed by atoms with Crippen molar-refractivity contribution in [2.24, 2.45) is 13.0 Å². The van der Waals surface area contributed by atoms with Gasteiger partial charge >= 0.3 is 0 Å². The number of benzene rings is 1. The average Bonchev–Trinajstić information content (AvgIpc) is 3.29. The van der Waals surface area contributed by atoms with Gasteiger partial charge in [0, 0.05) is 39.3 Å². The zero-order valence-electron chi connectivity index (χ0n) is 27.6. The fourth-order valence-corrected chi connectivity index (χ4v) is 5.67. The maximum absolute atomic E-state index is 14.2. The summed E-state index contributed by atoms with van der Waals surface area (Å²) >= 11 is 0. The lowest BCUT2D eigenvalue weighted by molar-refractivity contribution is -0.142. The Morgan fingerprint density at radius 3 is 2.37 bits per heavy atom. The van der Waals surface area contributed by atoms with E-state index >= 15 is 0 Å². The van der Waals surface area contributed by atoms with E-state index in [2.05, 4.69) is 26.0 Å². The monoisotopic (exact) mass is 632 g/mol. The van der Waals surface area contributed by atoms with Gasteiger partial charge in [-0.2, -0.15) is 5.10 Å². The van der Waals surface area contributed by atoms with E-state index in [9.17, 15) is 24.0 Å². The van der Waals surface area contributed by atoms with E-state index in [1.54, 1.807) is 38.6 Å². The van der Waals surface area contributed by atoms with Crippen LogP contribution in [0.3, 0.4) is 0 Å². The fraction of sp³-hybridized carbons (Fsp3) is 0.485. The van der Waals surface area contributed by atoms with Crippen molar-refractivity contribution in [3.05, 3.63) is 58.9 Å². The quantitative estimate of drug-likeness (QED) is 0.382. The lowest BCUT2D eigenvalue weighted by atomic mass is 10.0. The van der Waals surface area contributed by atoms with E-state index in [1.165, 1.54) is 16.8 Å². The van der Waals surface area contributed by atoms with Crippen LogP contribution in [0.25, 0.3) is 11.0 Å². The Balaban J connectivity index is 1.71. The van der Waals surface area contributed by atoms with Crippen LogP contribution in [0, 0.1) is 19.8 Å². The molecule has 3 heterocycles. The highest BCUT2D eigenvalue weighted by molar-refractivity contribution is 6.07. The summed E-state index contributed by atoms with van der Waals surface area (Å²) in [6, 6.07) is 8.15. The van der Waals surface area contributed by atoms with Gasteiger partial charge in [0.25, 0.3) is 5.91 Å². The van der Waals surface area contributed by atoms with Gasteiger partial charge < -0.3 is 25.8 Å². The van der Waals surface area contributed by atoms with Crippen LogP contribution in [0.5, 0.6) is 0 Å². The van der Waals surface area contributed by atoms with Crippen molar-refractivity contribution in [3.8, 4) is 0 Å². The molecule has 46 heavy (non-hydrogen) atoms. The van der Waals surface area contributed by atoms with Crippen LogP contribution in [-0.2, 0) is 32.6 Å². The summed E-state index contributed by atoms with van der Waals surface area (Å²) in [7, 11) is 3.25. The van der Waals surface area contributed by atoms with Gasteiger partial charge in [0.05, 0.1) is 23.2 Å². The molecule has 1 fully saturated rings. The molecule has 3 atom stereocenters. The third kappa shape index (κ3) is 7.88. The summed E-state index contributed by atoms with van der Waals surface area (Å²) < 4.78 is 1.61. The number of amides is 5. The highest BCUT2D eigenvalue weighted by Crippen LogP contribution is 2.23. The number of nitrogens with one attached hydrogen (secondary N) is 3. The maximum atomic E-state index is 14.2. The second kappa shape index (κ2) is 14.5. The molecular weight excluding hydrogens is 588 g/mol. The molecule has 0 radical (unpaired) electrons. The molecule has 13 heteroatoms. The Kier molecular flexibility index (Phi) is 10.8. The van der Waals surface area contributed by atoms with Crippen LogP contribution in [0.2, 0.25) is 0 Å². The van der Waals surface area contributed by atoms with Crippen LogP contribution in [0.15, 0.2) is 36.4 Å². The van der Waals surface area contributed by atoms with Gasteiger partial charge in [-0.25, -0.2) is 4.98 Å². The van der Waals surface area contributed by atoms with Crippen LogP contribution in [-0.4, -0.2) is 98.9 Å². The van der Waals surface area contributed by atoms with E-state index in [0.29, 0.717) is 34.4 Å². The third-order valence-corrected chi connectivity index (χ3v) is 8.19. The second-order valence-electron chi connectivity index (χ2n) is 12.4. The number of aryl methyl sites for hydroxylation is 3. The molecule has 13 nitrogen and oxygen atoms in total. The minimum absolute atomic E-state index is 0.00866. The van der Waals surface area contributed by atoms with Crippen molar-refractivity contribution in [2.45, 2.75) is 65.6 Å². The van der Waals surface area contributed by atoms with E-state index in [4.69, 9.17) is 0 Å². The summed E-state index contributed by atoms with van der Waals surface area (Å²) in [4.78, 5) is 75.4. The first-order valence-electron chi connectivity index (χ1n) is 15.5. The van der Waals surface area contributed by atoms with Gasteiger partial charge in [0.1, 0.15) is 18.1 Å². The van der Waals surface area contributed by atoms with Crippen molar-refractivity contribution in [2.75, 3.05) is 26.7 Å². The number of fused-ring (bicyclic) bond motifs is 1. The highest BCUT2D eigenvalue weighted by Gasteiger charge is 2.33. The molecule has 1 aromatic carbocycles. The normalized spacial score (nSPS) is 20.7. The van der Waals surface area contributed by atoms with Gasteiger partial charge in [-0.05, 0) is 44.7 Å². The second-order valence-corrected chi connectivity index (χ2v) is 12.4. The zero-order chi connectivity index (χ0) is 33.7. The minimum atomic E-state index is -0.943. The Labute approximate surface area is 269 Å². The molecule has 4 rings (SSSR count). The van der Waals surface area contributed by atoms with Crippen LogP contribution in [0.1, 0.15) is 54.5 Å². The Hall–Kier alpha value is -4.81. The summed E-state index contributed by atoms with van der Waals surface area (Å²) in [5, 5.41) is 13.5. The Bertz CT molecular complexity index is 1620. The number of likely N-dealkylation sites (N-methyl/N-ethyl adjacent to an activating group) is 1. The highest BCUT2D eigenvalue weighted by atomic mass is 16.2. The molecule has 1 saturated heterocycles. The first-order chi connectivity index (χ1) is 21.8. The van der Waals surface area contributed by atoms with Gasteiger partial charge in [-0.1, -0.05) is 44.2 Å². The van der Waals surface area contributed by atoms with E-state index in [1.807, 2.05) is 44.2 Å². The number of hydrogen-bond donors (Lipinski definition) is 3. The number of carbonyl (C=O) groups excluding carboxylic acids is 5. The number of hydrogen-bond acceptors (Lipinski definition) is 7. The van der Waals surface area contributed by atoms with Crippen molar-refractivity contribution < 1.29 is 24.0 Å². The third-order valence-electron chi connectivity index (χ3n) is 8.19. The molecule has 2 aromatic heterocycles. The molecule has 0 saturated carbocycles. The largest absolute Gasteiger partial charge is 0.353 e. The average molecular weight is 633 g/mol. The number of nitrogens with zero attached hydrogens (tertiary/aromatic N) is 5. The standard InChI is InChI=1S/C33H44N8O5/c1-19(2)15-26-33(46)39(6)22(5)30(43)37-25(17-23-11-9-8-10-12-23)31(44)34-13-14-41(18-27(42)36-26)32(45)24-16-20(3)35-29-28(24)21(4)38-40(29)7/h8-12,16,19,22,25-26H,13-15,17-18H2,1-7H3,(H,34,44)(H,36,42)(H,37,43)/t22-,25-,26-/m0/s1. The smallest absolute Gasteiger partial charge is 0.255 e. The first kappa shape index (κ1) is 34.1. The van der Waals surface area contributed by atoms with E-state index in [0.717, 1.165) is 5.56 Å². The van der Waals surface area contributed by atoms with Crippen molar-refractivity contribution >= 4 is 40.6 Å². The Morgan fingerprint density at radius 2 is 1.70 bits per heavy atom. The van der Waals surface area contributed by atoms with Crippen molar-refractivity contribution in [1.82, 2.24) is 40.5 Å². The van der Waals surface area contributed by atoms with Crippen LogP contribution < -0.4 is 16.0 Å². The molecular formula is C33H44N8O5. The predicted molar refractivity (Wildman–Crippen MR) is 173 cm³/mol. The summed E-state index contributed by atoms with van der Waals surface area (Å²) in [6.45, 7) is 8.65. The first-order valence-corrected chi connectivity index (χ1v) is 15.5. The minimum Gasteiger partial charge on any atom is -0.353 e. The van der Waals surface area contributed by atoms with Gasteiger partial charge in [-0.3, -0.25) is 28.7 Å². The molecule has 0 aliphatic carbocycles. The Morgan fingerprint density at radius 1 is 1.00 bits per heavy atom. The number of rotatable bonds is 5. The van der Waals surface area contributed by atoms with Gasteiger partial charge in [-0.15, -0.1) is 0 Å². The van der Waals surface area contributed by atoms with E-state index < -0.39 is 47.7 Å². The van der Waals surface area contributed by atoms with Crippen molar-refractivity contribution in [1.29, 1.82) is 0 Å². The zero-order valence-corrected chi connectivity index (χ0v) is 27.6. The molecule has 0 bridgehead atoms. The lowest BCUT2D eigenvalue weighted by Gasteiger charge is -2.30. The predicted octanol–water partition coefficient (Wildman–Crippen LogP) is 1.26. The molecule has 5 amide bonds. The molecule has 1 aliphatic heterocycles. The SMILES string of the molecule is Cc1cc(C(=O)N2CCNC(=O)[C@H](Cc3ccccc3)NC(=O)[C@H](C)N(C)C(=O)[C@H](CC(C)C)NC(=O)C2)c2c(C)nn(C)c2n1. The molecule has 3 aromatic rings. The fourth-order valence-electron chi connectivity index (χ4n) is 5.67. The molecule has 246 valence electrons. The van der Waals surface area contributed by atoms with Crippen LogP contribution in [0.4, 0.5) is 0 Å². The van der Waals surface area contributed by atoms with Gasteiger partial charge in [0.2, 0.25) is 23.6 Å². The molecule has 0 unspecified atom stereocenters. The molecule has 0 spiro atoms. The number of aromatic nitrogens is 3. The molecule has 1 aliphatic rings. The number of pyridine rings is 1. The number of carbonyl (C=O) groups is 5. The van der Waals surface area contributed by atoms with Crippen LogP contribution >= 0.6 is 0 Å². The van der Waals surface area contributed by atoms with E-state index in [-0.39, 0.29) is 32.0 Å². The summed E-state index contributed by atoms with van der Waals surface area (Å²) in [5.74, 6) is -2.33. The van der Waals surface area contributed by atoms with Crippen molar-refractivity contribution in [3.63, 3.8) is 0 Å².